The van der Waals surface area contributed by atoms with Crippen molar-refractivity contribution in [3.63, 3.8) is 0 Å². The van der Waals surface area contributed by atoms with Crippen molar-refractivity contribution < 1.29 is 14.2 Å². The van der Waals surface area contributed by atoms with Gasteiger partial charge in [-0.25, -0.2) is 0 Å². The highest BCUT2D eigenvalue weighted by Gasteiger charge is 2.22. The van der Waals surface area contributed by atoms with Gasteiger partial charge in [0.2, 0.25) is 0 Å². The van der Waals surface area contributed by atoms with E-state index in [0.29, 0.717) is 19.1 Å². The lowest BCUT2D eigenvalue weighted by Gasteiger charge is -2.25. The molecule has 0 amide bonds. The van der Waals surface area contributed by atoms with Gasteiger partial charge in [0.15, 0.2) is 6.29 Å². The van der Waals surface area contributed by atoms with Gasteiger partial charge >= 0.3 is 0 Å². The van der Waals surface area contributed by atoms with Crippen LogP contribution in [0.2, 0.25) is 0 Å². The Morgan fingerprint density at radius 1 is 0.889 bits per heavy atom. The van der Waals surface area contributed by atoms with E-state index in [1.54, 1.807) is 0 Å². The van der Waals surface area contributed by atoms with Gasteiger partial charge < -0.3 is 14.2 Å². The smallest absolute Gasteiger partial charge is 0.197 e. The summed E-state index contributed by atoms with van der Waals surface area (Å²) < 4.78 is 18.4. The molecule has 0 saturated carbocycles. The average Bonchev–Trinajstić information content (AvgIpc) is 2.92. The summed E-state index contributed by atoms with van der Waals surface area (Å²) >= 11 is 0. The normalized spacial score (nSPS) is 17.3. The summed E-state index contributed by atoms with van der Waals surface area (Å²) in [4.78, 5) is 0. The fourth-order valence-corrected chi connectivity index (χ4v) is 4.98. The lowest BCUT2D eigenvalue weighted by molar-refractivity contribution is -0.0780. The minimum atomic E-state index is -0.345. The van der Waals surface area contributed by atoms with E-state index in [-0.39, 0.29) is 6.29 Å². The van der Waals surface area contributed by atoms with Crippen molar-refractivity contribution >= 4 is 5.57 Å². The van der Waals surface area contributed by atoms with Crippen LogP contribution in [0, 0.1) is 0 Å². The van der Waals surface area contributed by atoms with Crippen molar-refractivity contribution in [2.24, 2.45) is 0 Å². The Morgan fingerprint density at radius 2 is 1.69 bits per heavy atom. The molecule has 2 atom stereocenters. The molecular weight excluding hydrogens is 444 g/mol. The molecule has 2 aromatic carbocycles. The summed E-state index contributed by atoms with van der Waals surface area (Å²) in [5, 5.41) is 0. The van der Waals surface area contributed by atoms with Crippen LogP contribution in [0.1, 0.15) is 76.3 Å². The van der Waals surface area contributed by atoms with Crippen molar-refractivity contribution in [3.8, 4) is 5.75 Å². The van der Waals surface area contributed by atoms with Gasteiger partial charge in [0.05, 0.1) is 6.61 Å². The van der Waals surface area contributed by atoms with E-state index in [1.165, 1.54) is 40.7 Å². The Balaban J connectivity index is 1.36. The molecule has 0 N–H and O–H groups in total. The van der Waals surface area contributed by atoms with Crippen molar-refractivity contribution in [2.75, 3.05) is 13.2 Å². The molecule has 0 radical (unpaired) electrons. The third-order valence-electron chi connectivity index (χ3n) is 6.90. The highest BCUT2D eigenvalue weighted by molar-refractivity contribution is 5.80. The number of benzene rings is 2. The standard InChI is InChI=1S/C33H40O3/c1-4-12-25(2)27-19-21-30(22-20-27)36-26(3)34-23-24-35-33-31(28-13-7-5-8-14-28)17-11-18-32(33)29-15-9-6-10-16-29/h5-9,13-15,17,19-22,25-26H,4,10-12,16,18,23-24H2,1-3H3/t25?,26-/m1/s1. The maximum Gasteiger partial charge on any atom is 0.197 e. The Kier molecular flexibility index (Phi) is 9.63. The fraction of sp³-hybridized carbons (Fsp3) is 0.394. The Morgan fingerprint density at radius 3 is 2.42 bits per heavy atom. The summed E-state index contributed by atoms with van der Waals surface area (Å²) in [7, 11) is 0. The van der Waals surface area contributed by atoms with Crippen molar-refractivity contribution in [2.45, 2.75) is 71.5 Å². The quantitative estimate of drug-likeness (QED) is 0.223. The molecule has 2 aromatic rings. The van der Waals surface area contributed by atoms with E-state index >= 15 is 0 Å². The van der Waals surface area contributed by atoms with Gasteiger partial charge in [0.25, 0.3) is 0 Å². The van der Waals surface area contributed by atoms with E-state index in [1.807, 2.05) is 19.1 Å². The minimum Gasteiger partial charge on any atom is -0.490 e. The molecule has 0 aliphatic heterocycles. The molecule has 0 spiro atoms. The molecule has 0 heterocycles. The molecule has 0 fully saturated rings. The van der Waals surface area contributed by atoms with E-state index in [4.69, 9.17) is 14.2 Å². The van der Waals surface area contributed by atoms with Crippen LogP contribution >= 0.6 is 0 Å². The SMILES string of the molecule is CCCC(C)c1ccc(O[C@H](C)OCCOC2=C(C3=CC=CCC3)CCC=C2c2ccccc2)cc1. The summed E-state index contributed by atoms with van der Waals surface area (Å²) in [6.45, 7) is 7.38. The first-order valence-electron chi connectivity index (χ1n) is 13.5. The zero-order valence-electron chi connectivity index (χ0n) is 22.0. The summed E-state index contributed by atoms with van der Waals surface area (Å²) in [5.41, 5.74) is 6.47. The second kappa shape index (κ2) is 13.3. The molecule has 0 aromatic heterocycles. The van der Waals surface area contributed by atoms with Crippen LogP contribution in [-0.2, 0) is 9.47 Å². The molecule has 2 aliphatic carbocycles. The molecule has 2 aliphatic rings. The summed E-state index contributed by atoms with van der Waals surface area (Å²) in [5.74, 6) is 2.41. The van der Waals surface area contributed by atoms with Gasteiger partial charge in [0.1, 0.15) is 18.1 Å². The van der Waals surface area contributed by atoms with Crippen LogP contribution in [0.15, 0.2) is 95.8 Å². The first kappa shape index (κ1) is 26.0. The predicted molar refractivity (Wildman–Crippen MR) is 149 cm³/mol. The topological polar surface area (TPSA) is 27.7 Å². The summed E-state index contributed by atoms with van der Waals surface area (Å²) in [6, 6.07) is 19.0. The molecule has 1 unspecified atom stereocenters. The number of allylic oxidation sites excluding steroid dienone is 7. The molecule has 36 heavy (non-hydrogen) atoms. The third-order valence-corrected chi connectivity index (χ3v) is 6.90. The van der Waals surface area contributed by atoms with Gasteiger partial charge in [0, 0.05) is 5.57 Å². The first-order chi connectivity index (χ1) is 17.7. The number of hydrogen-bond donors (Lipinski definition) is 0. The lowest BCUT2D eigenvalue weighted by atomic mass is 9.86. The molecule has 190 valence electrons. The average molecular weight is 485 g/mol. The minimum absolute atomic E-state index is 0.345. The van der Waals surface area contributed by atoms with Gasteiger partial charge in [-0.05, 0) is 79.4 Å². The van der Waals surface area contributed by atoms with Crippen molar-refractivity contribution in [1.29, 1.82) is 0 Å². The van der Waals surface area contributed by atoms with Crippen molar-refractivity contribution in [3.05, 3.63) is 107 Å². The van der Waals surface area contributed by atoms with Crippen LogP contribution in [0.4, 0.5) is 0 Å². The van der Waals surface area contributed by atoms with Crippen LogP contribution in [-0.4, -0.2) is 19.5 Å². The van der Waals surface area contributed by atoms with Gasteiger partial charge in [-0.2, -0.15) is 0 Å². The van der Waals surface area contributed by atoms with E-state index in [0.717, 1.165) is 37.2 Å². The van der Waals surface area contributed by atoms with E-state index < -0.39 is 0 Å². The Hall–Kier alpha value is -3.04. The third kappa shape index (κ3) is 7.01. The number of ether oxygens (including phenoxy) is 3. The Labute approximate surface area is 217 Å². The zero-order valence-corrected chi connectivity index (χ0v) is 22.0. The number of rotatable bonds is 12. The van der Waals surface area contributed by atoms with E-state index in [9.17, 15) is 0 Å². The zero-order chi connectivity index (χ0) is 25.2. The molecule has 3 nitrogen and oxygen atoms in total. The fourth-order valence-electron chi connectivity index (χ4n) is 4.98. The second-order valence-corrected chi connectivity index (χ2v) is 9.65. The van der Waals surface area contributed by atoms with Crippen molar-refractivity contribution in [1.82, 2.24) is 0 Å². The van der Waals surface area contributed by atoms with Crippen LogP contribution in [0.5, 0.6) is 5.75 Å². The number of hydrogen-bond acceptors (Lipinski definition) is 3. The maximum atomic E-state index is 6.45. The van der Waals surface area contributed by atoms with Crippen LogP contribution < -0.4 is 4.74 Å². The van der Waals surface area contributed by atoms with Gasteiger partial charge in [-0.15, -0.1) is 0 Å². The highest BCUT2D eigenvalue weighted by Crippen LogP contribution is 2.38. The first-order valence-corrected chi connectivity index (χ1v) is 13.5. The van der Waals surface area contributed by atoms with Gasteiger partial charge in [-0.1, -0.05) is 87.0 Å². The molecule has 3 heteroatoms. The maximum absolute atomic E-state index is 6.45. The molecule has 0 saturated heterocycles. The Bertz CT molecular complexity index is 1090. The molecular formula is C33H40O3. The monoisotopic (exact) mass is 484 g/mol. The van der Waals surface area contributed by atoms with Gasteiger partial charge in [-0.3, -0.25) is 0 Å². The lowest BCUT2D eigenvalue weighted by Crippen LogP contribution is -2.19. The van der Waals surface area contributed by atoms with Crippen LogP contribution in [0.3, 0.4) is 0 Å². The largest absolute Gasteiger partial charge is 0.490 e. The second-order valence-electron chi connectivity index (χ2n) is 9.65. The predicted octanol–water partition coefficient (Wildman–Crippen LogP) is 8.76. The van der Waals surface area contributed by atoms with Crippen LogP contribution in [0.25, 0.3) is 5.57 Å². The molecule has 0 bridgehead atoms. The van der Waals surface area contributed by atoms with E-state index in [2.05, 4.69) is 80.6 Å². The highest BCUT2D eigenvalue weighted by atomic mass is 16.7. The summed E-state index contributed by atoms with van der Waals surface area (Å²) in [6.07, 6.45) is 15.2. The molecule has 4 rings (SSSR count).